The number of alkyl halides is 1. The Balaban J connectivity index is 2.35. The second kappa shape index (κ2) is 5.00. The van der Waals surface area contributed by atoms with Crippen LogP contribution in [0.1, 0.15) is 39.0 Å². The highest BCUT2D eigenvalue weighted by molar-refractivity contribution is 9.09. The molecule has 0 aromatic rings. The Hall–Kier alpha value is 0.150. The van der Waals surface area contributed by atoms with Crippen LogP contribution in [-0.4, -0.2) is 11.1 Å². The molecule has 0 amide bonds. The van der Waals surface area contributed by atoms with Crippen LogP contribution < -0.4 is 0 Å². The number of hydrogen-bond donors (Lipinski definition) is 0. The fourth-order valence-electron chi connectivity index (χ4n) is 2.26. The molecule has 2 heteroatoms. The van der Waals surface area contributed by atoms with E-state index >= 15 is 0 Å². The maximum Gasteiger partial charge on any atom is 0.133 e. The lowest BCUT2D eigenvalue weighted by molar-refractivity contribution is -0.121. The Bertz CT molecular complexity index is 156. The number of halogens is 1. The zero-order valence-corrected chi connectivity index (χ0v) is 9.27. The molecule has 0 spiro atoms. The van der Waals surface area contributed by atoms with Crippen LogP contribution in [-0.2, 0) is 4.79 Å². The molecule has 1 unspecified atom stereocenters. The van der Waals surface area contributed by atoms with Gasteiger partial charge in [0.05, 0.1) is 0 Å². The summed E-state index contributed by atoms with van der Waals surface area (Å²) in [6.07, 6.45) is 6.13. The van der Waals surface area contributed by atoms with Crippen LogP contribution >= 0.6 is 15.9 Å². The fourth-order valence-corrected chi connectivity index (χ4v) is 2.58. The number of carbonyl (C=O) groups excluding carboxylic acids is 1. The SMILES string of the molecule is CC(=O)C1CCC[C@H]1CCCBr. The average molecular weight is 233 g/mol. The summed E-state index contributed by atoms with van der Waals surface area (Å²) in [7, 11) is 0. The lowest BCUT2D eigenvalue weighted by atomic mass is 9.89. The van der Waals surface area contributed by atoms with Gasteiger partial charge in [-0.3, -0.25) is 4.79 Å². The molecule has 70 valence electrons. The second-order valence-corrected chi connectivity index (χ2v) is 4.53. The Labute approximate surface area is 83.0 Å². The smallest absolute Gasteiger partial charge is 0.133 e. The van der Waals surface area contributed by atoms with Crippen molar-refractivity contribution in [3.05, 3.63) is 0 Å². The fraction of sp³-hybridized carbons (Fsp3) is 0.900. The third kappa shape index (κ3) is 2.58. The molecule has 1 aliphatic carbocycles. The molecule has 0 N–H and O–H groups in total. The summed E-state index contributed by atoms with van der Waals surface area (Å²) in [6.45, 7) is 1.75. The number of rotatable bonds is 4. The van der Waals surface area contributed by atoms with E-state index in [4.69, 9.17) is 0 Å². The van der Waals surface area contributed by atoms with Gasteiger partial charge in [-0.05, 0) is 38.5 Å². The van der Waals surface area contributed by atoms with E-state index in [1.807, 2.05) is 0 Å². The van der Waals surface area contributed by atoms with Gasteiger partial charge in [-0.15, -0.1) is 0 Å². The third-order valence-electron chi connectivity index (χ3n) is 2.89. The van der Waals surface area contributed by atoms with E-state index in [2.05, 4.69) is 15.9 Å². The molecule has 1 aliphatic rings. The molecular formula is C10H17BrO. The van der Waals surface area contributed by atoms with Crippen LogP contribution in [0.25, 0.3) is 0 Å². The average Bonchev–Trinajstić information content (AvgIpc) is 2.48. The predicted molar refractivity (Wildman–Crippen MR) is 54.5 cm³/mol. The molecule has 2 atom stereocenters. The van der Waals surface area contributed by atoms with Gasteiger partial charge >= 0.3 is 0 Å². The zero-order valence-electron chi connectivity index (χ0n) is 7.68. The number of Topliss-reactive ketones (excluding diaryl/α,β-unsaturated/α-hetero) is 1. The minimum absolute atomic E-state index is 0.393. The van der Waals surface area contributed by atoms with Crippen LogP contribution in [0, 0.1) is 11.8 Å². The van der Waals surface area contributed by atoms with E-state index < -0.39 is 0 Å². The molecule has 0 aromatic carbocycles. The van der Waals surface area contributed by atoms with E-state index in [0.29, 0.717) is 17.6 Å². The van der Waals surface area contributed by atoms with Gasteiger partial charge in [-0.2, -0.15) is 0 Å². The van der Waals surface area contributed by atoms with Crippen LogP contribution in [0.2, 0.25) is 0 Å². The molecule has 0 aromatic heterocycles. The number of ketones is 1. The summed E-state index contributed by atoms with van der Waals surface area (Å²) in [5.74, 6) is 1.50. The van der Waals surface area contributed by atoms with Crippen LogP contribution in [0.4, 0.5) is 0 Å². The van der Waals surface area contributed by atoms with Gasteiger partial charge < -0.3 is 0 Å². The summed E-state index contributed by atoms with van der Waals surface area (Å²) >= 11 is 3.43. The minimum Gasteiger partial charge on any atom is -0.300 e. The summed E-state index contributed by atoms with van der Waals surface area (Å²) in [5, 5.41) is 1.08. The molecule has 1 nitrogen and oxygen atoms in total. The van der Waals surface area contributed by atoms with Crippen molar-refractivity contribution in [1.29, 1.82) is 0 Å². The molecule has 0 radical (unpaired) electrons. The Morgan fingerprint density at radius 1 is 1.50 bits per heavy atom. The number of hydrogen-bond acceptors (Lipinski definition) is 1. The quantitative estimate of drug-likeness (QED) is 0.681. The lowest BCUT2D eigenvalue weighted by Crippen LogP contribution is -2.15. The minimum atomic E-state index is 0.393. The van der Waals surface area contributed by atoms with Crippen LogP contribution in [0.3, 0.4) is 0 Å². The lowest BCUT2D eigenvalue weighted by Gasteiger charge is -2.15. The zero-order chi connectivity index (χ0) is 8.97. The second-order valence-electron chi connectivity index (χ2n) is 3.74. The maximum absolute atomic E-state index is 11.2. The van der Waals surface area contributed by atoms with Crippen molar-refractivity contribution >= 4 is 21.7 Å². The van der Waals surface area contributed by atoms with Crippen molar-refractivity contribution in [3.8, 4) is 0 Å². The first-order valence-electron chi connectivity index (χ1n) is 4.82. The first-order valence-corrected chi connectivity index (χ1v) is 5.94. The Morgan fingerprint density at radius 3 is 2.83 bits per heavy atom. The first-order chi connectivity index (χ1) is 5.75. The van der Waals surface area contributed by atoms with Crippen molar-refractivity contribution in [1.82, 2.24) is 0 Å². The standard InChI is InChI=1S/C10H17BrO/c1-8(12)10-6-2-4-9(10)5-3-7-11/h9-10H,2-7H2,1H3/t9-,10?/m0/s1. The molecule has 0 bridgehead atoms. The molecule has 1 fully saturated rings. The highest BCUT2D eigenvalue weighted by Crippen LogP contribution is 2.35. The largest absolute Gasteiger partial charge is 0.300 e. The van der Waals surface area contributed by atoms with Gasteiger partial charge in [0.15, 0.2) is 0 Å². The predicted octanol–water partition coefficient (Wildman–Crippen LogP) is 3.17. The van der Waals surface area contributed by atoms with Gasteiger partial charge in [0.25, 0.3) is 0 Å². The molecular weight excluding hydrogens is 216 g/mol. The maximum atomic E-state index is 11.2. The monoisotopic (exact) mass is 232 g/mol. The summed E-state index contributed by atoms with van der Waals surface area (Å²) in [4.78, 5) is 11.2. The first kappa shape index (κ1) is 10.2. The van der Waals surface area contributed by atoms with Crippen LogP contribution in [0.5, 0.6) is 0 Å². The van der Waals surface area contributed by atoms with E-state index in [0.717, 1.165) is 11.8 Å². The highest BCUT2D eigenvalue weighted by atomic mass is 79.9. The van der Waals surface area contributed by atoms with Crippen molar-refractivity contribution < 1.29 is 4.79 Å². The van der Waals surface area contributed by atoms with Gasteiger partial charge in [-0.1, -0.05) is 22.4 Å². The van der Waals surface area contributed by atoms with E-state index in [-0.39, 0.29) is 0 Å². The van der Waals surface area contributed by atoms with E-state index in [9.17, 15) is 4.79 Å². The van der Waals surface area contributed by atoms with Gasteiger partial charge in [0.2, 0.25) is 0 Å². The summed E-state index contributed by atoms with van der Waals surface area (Å²) < 4.78 is 0. The topological polar surface area (TPSA) is 17.1 Å². The van der Waals surface area contributed by atoms with E-state index in [1.54, 1.807) is 6.92 Å². The molecule has 0 heterocycles. The highest BCUT2D eigenvalue weighted by Gasteiger charge is 2.29. The van der Waals surface area contributed by atoms with Gasteiger partial charge in [0.1, 0.15) is 5.78 Å². The normalized spacial score (nSPS) is 29.2. The van der Waals surface area contributed by atoms with E-state index in [1.165, 1.54) is 25.7 Å². The van der Waals surface area contributed by atoms with Gasteiger partial charge in [0, 0.05) is 11.2 Å². The molecule has 1 rings (SSSR count). The summed E-state index contributed by atoms with van der Waals surface area (Å²) in [6, 6.07) is 0. The molecule has 1 saturated carbocycles. The van der Waals surface area contributed by atoms with Crippen molar-refractivity contribution in [2.45, 2.75) is 39.0 Å². The Morgan fingerprint density at radius 2 is 2.25 bits per heavy atom. The van der Waals surface area contributed by atoms with Gasteiger partial charge in [-0.25, -0.2) is 0 Å². The molecule has 0 saturated heterocycles. The Kier molecular flexibility index (Phi) is 4.27. The summed E-state index contributed by atoms with van der Waals surface area (Å²) in [5.41, 5.74) is 0. The van der Waals surface area contributed by atoms with Crippen molar-refractivity contribution in [2.75, 3.05) is 5.33 Å². The molecule has 0 aliphatic heterocycles. The van der Waals surface area contributed by atoms with Crippen molar-refractivity contribution in [2.24, 2.45) is 11.8 Å². The van der Waals surface area contributed by atoms with Crippen molar-refractivity contribution in [3.63, 3.8) is 0 Å². The third-order valence-corrected chi connectivity index (χ3v) is 3.45. The molecule has 12 heavy (non-hydrogen) atoms. The van der Waals surface area contributed by atoms with Crippen LogP contribution in [0.15, 0.2) is 0 Å². The number of carbonyl (C=O) groups is 1.